The van der Waals surface area contributed by atoms with E-state index in [1.165, 1.54) is 0 Å². The molecule has 0 radical (unpaired) electrons. The Labute approximate surface area is 181 Å². The van der Waals surface area contributed by atoms with Crippen LogP contribution in [0.15, 0.2) is 60.0 Å². The SMILES string of the molecule is C=CCSc1ccccc1NC(=O)CN(CC)CC(=O)Nc1cc(Cl)ccc1C. The van der Waals surface area contributed by atoms with Crippen molar-refractivity contribution >= 4 is 46.6 Å². The van der Waals surface area contributed by atoms with Crippen molar-refractivity contribution in [3.63, 3.8) is 0 Å². The molecule has 2 N–H and O–H groups in total. The van der Waals surface area contributed by atoms with Crippen LogP contribution in [-0.4, -0.2) is 42.1 Å². The molecule has 5 nitrogen and oxygen atoms in total. The first-order chi connectivity index (χ1) is 13.9. The minimum atomic E-state index is -0.188. The average Bonchev–Trinajstić information content (AvgIpc) is 2.69. The molecule has 0 unspecified atom stereocenters. The normalized spacial score (nSPS) is 10.6. The van der Waals surface area contributed by atoms with Crippen molar-refractivity contribution < 1.29 is 9.59 Å². The molecule has 0 aliphatic rings. The lowest BCUT2D eigenvalue weighted by Crippen LogP contribution is -2.38. The monoisotopic (exact) mass is 431 g/mol. The van der Waals surface area contributed by atoms with Gasteiger partial charge in [-0.15, -0.1) is 18.3 Å². The number of carbonyl (C=O) groups is 2. The molecular weight excluding hydrogens is 406 g/mol. The lowest BCUT2D eigenvalue weighted by molar-refractivity contribution is -0.119. The van der Waals surface area contributed by atoms with Crippen LogP contribution in [0.2, 0.25) is 5.02 Å². The number of aryl methyl sites for hydroxylation is 1. The van der Waals surface area contributed by atoms with Gasteiger partial charge in [0.1, 0.15) is 0 Å². The van der Waals surface area contributed by atoms with Crippen LogP contribution in [0.1, 0.15) is 12.5 Å². The third kappa shape index (κ3) is 7.57. The van der Waals surface area contributed by atoms with Crippen molar-refractivity contribution in [2.24, 2.45) is 0 Å². The van der Waals surface area contributed by atoms with Crippen LogP contribution in [0, 0.1) is 6.92 Å². The van der Waals surface area contributed by atoms with Gasteiger partial charge in [-0.25, -0.2) is 0 Å². The molecule has 0 atom stereocenters. The van der Waals surface area contributed by atoms with E-state index in [4.69, 9.17) is 11.6 Å². The maximum Gasteiger partial charge on any atom is 0.238 e. The van der Waals surface area contributed by atoms with Crippen LogP contribution in [0.3, 0.4) is 0 Å². The van der Waals surface area contributed by atoms with E-state index in [1.54, 1.807) is 28.8 Å². The van der Waals surface area contributed by atoms with E-state index in [1.807, 2.05) is 50.3 Å². The highest BCUT2D eigenvalue weighted by atomic mass is 35.5. The topological polar surface area (TPSA) is 61.4 Å². The molecule has 29 heavy (non-hydrogen) atoms. The Morgan fingerprint density at radius 2 is 1.76 bits per heavy atom. The average molecular weight is 432 g/mol. The summed E-state index contributed by atoms with van der Waals surface area (Å²) in [6.45, 7) is 8.35. The van der Waals surface area contributed by atoms with Crippen molar-refractivity contribution in [2.45, 2.75) is 18.7 Å². The van der Waals surface area contributed by atoms with E-state index in [2.05, 4.69) is 17.2 Å². The van der Waals surface area contributed by atoms with Crippen molar-refractivity contribution in [3.05, 3.63) is 65.7 Å². The van der Waals surface area contributed by atoms with Crippen LogP contribution in [-0.2, 0) is 9.59 Å². The second-order valence-corrected chi connectivity index (χ2v) is 7.95. The fourth-order valence-corrected chi connectivity index (χ4v) is 3.56. The van der Waals surface area contributed by atoms with Crippen LogP contribution in [0.25, 0.3) is 0 Å². The second-order valence-electron chi connectivity index (χ2n) is 6.45. The van der Waals surface area contributed by atoms with Gasteiger partial charge in [-0.05, 0) is 43.3 Å². The Morgan fingerprint density at radius 1 is 1.10 bits per heavy atom. The number of halogens is 1. The van der Waals surface area contributed by atoms with Gasteiger partial charge in [0.15, 0.2) is 0 Å². The lowest BCUT2D eigenvalue weighted by atomic mass is 10.2. The number of likely N-dealkylation sites (N-methyl/N-ethyl adjacent to an activating group) is 1. The summed E-state index contributed by atoms with van der Waals surface area (Å²) >= 11 is 7.61. The van der Waals surface area contributed by atoms with Crippen LogP contribution >= 0.6 is 23.4 Å². The number of hydrogen-bond donors (Lipinski definition) is 2. The van der Waals surface area contributed by atoms with E-state index >= 15 is 0 Å². The highest BCUT2D eigenvalue weighted by molar-refractivity contribution is 7.99. The van der Waals surface area contributed by atoms with E-state index in [0.29, 0.717) is 17.3 Å². The molecule has 0 aromatic heterocycles. The molecular formula is C22H26ClN3O2S. The zero-order valence-electron chi connectivity index (χ0n) is 16.7. The summed E-state index contributed by atoms with van der Waals surface area (Å²) in [5, 5.41) is 6.36. The maximum atomic E-state index is 12.5. The summed E-state index contributed by atoms with van der Waals surface area (Å²) in [5.41, 5.74) is 2.37. The molecule has 154 valence electrons. The number of nitrogens with zero attached hydrogens (tertiary/aromatic N) is 1. The van der Waals surface area contributed by atoms with Crippen molar-refractivity contribution in [1.82, 2.24) is 4.90 Å². The minimum absolute atomic E-state index is 0.114. The van der Waals surface area contributed by atoms with E-state index in [-0.39, 0.29) is 24.9 Å². The standard InChI is InChI=1S/C22H26ClN3O2S/c1-4-12-29-20-9-7-6-8-18(20)24-21(27)14-26(5-2)15-22(28)25-19-13-17(23)11-10-16(19)3/h4,6-11,13H,1,5,12,14-15H2,2-3H3,(H,24,27)(H,25,28). The molecule has 0 aliphatic carbocycles. The predicted octanol–water partition coefficient (Wildman–Crippen LogP) is 4.83. The van der Waals surface area contributed by atoms with Crippen LogP contribution in [0.5, 0.6) is 0 Å². The molecule has 0 fully saturated rings. The largest absolute Gasteiger partial charge is 0.325 e. The van der Waals surface area contributed by atoms with E-state index < -0.39 is 0 Å². The Balaban J connectivity index is 1.93. The molecule has 0 spiro atoms. The van der Waals surface area contributed by atoms with Gasteiger partial charge >= 0.3 is 0 Å². The Bertz CT molecular complexity index is 873. The van der Waals surface area contributed by atoms with Gasteiger partial charge in [0.05, 0.1) is 18.8 Å². The van der Waals surface area contributed by atoms with Gasteiger partial charge in [0.25, 0.3) is 0 Å². The highest BCUT2D eigenvalue weighted by Gasteiger charge is 2.15. The van der Waals surface area contributed by atoms with Crippen LogP contribution < -0.4 is 10.6 Å². The number of anilines is 2. The molecule has 0 saturated carbocycles. The summed E-state index contributed by atoms with van der Waals surface area (Å²) in [6, 6.07) is 13.0. The molecule has 0 aliphatic heterocycles. The first-order valence-corrected chi connectivity index (χ1v) is 10.7. The molecule has 7 heteroatoms. The third-order valence-electron chi connectivity index (χ3n) is 4.17. The number of rotatable bonds is 10. The van der Waals surface area contributed by atoms with Gasteiger partial charge < -0.3 is 10.6 Å². The number of nitrogens with one attached hydrogen (secondary N) is 2. The van der Waals surface area contributed by atoms with Crippen molar-refractivity contribution in [1.29, 1.82) is 0 Å². The smallest absolute Gasteiger partial charge is 0.238 e. The van der Waals surface area contributed by atoms with E-state index in [9.17, 15) is 9.59 Å². The number of amides is 2. The summed E-state index contributed by atoms with van der Waals surface area (Å²) in [7, 11) is 0. The molecule has 2 amide bonds. The Hall–Kier alpha value is -2.28. The summed E-state index contributed by atoms with van der Waals surface area (Å²) in [5.74, 6) is 0.411. The summed E-state index contributed by atoms with van der Waals surface area (Å²) < 4.78 is 0. The predicted molar refractivity (Wildman–Crippen MR) is 123 cm³/mol. The lowest BCUT2D eigenvalue weighted by Gasteiger charge is -2.20. The highest BCUT2D eigenvalue weighted by Crippen LogP contribution is 2.27. The number of carbonyl (C=O) groups excluding carboxylic acids is 2. The summed E-state index contributed by atoms with van der Waals surface area (Å²) in [4.78, 5) is 27.7. The van der Waals surface area contributed by atoms with Crippen LogP contribution in [0.4, 0.5) is 11.4 Å². The number of para-hydroxylation sites is 1. The third-order valence-corrected chi connectivity index (χ3v) is 5.48. The molecule has 2 rings (SSSR count). The molecule has 0 saturated heterocycles. The molecule has 2 aromatic rings. The van der Waals surface area contributed by atoms with Gasteiger partial charge in [0.2, 0.25) is 11.8 Å². The van der Waals surface area contributed by atoms with Gasteiger partial charge in [-0.2, -0.15) is 0 Å². The number of hydrogen-bond acceptors (Lipinski definition) is 4. The zero-order chi connectivity index (χ0) is 21.2. The summed E-state index contributed by atoms with van der Waals surface area (Å²) in [6.07, 6.45) is 1.82. The fourth-order valence-electron chi connectivity index (χ4n) is 2.64. The number of thioether (sulfide) groups is 1. The Kier molecular flexibility index (Phi) is 9.25. The fraction of sp³-hybridized carbons (Fsp3) is 0.273. The first kappa shape index (κ1) is 23.0. The first-order valence-electron chi connectivity index (χ1n) is 9.33. The molecule has 2 aromatic carbocycles. The Morgan fingerprint density at radius 3 is 2.41 bits per heavy atom. The second kappa shape index (κ2) is 11.7. The zero-order valence-corrected chi connectivity index (χ0v) is 18.3. The van der Waals surface area contributed by atoms with Gasteiger partial charge in [0, 0.05) is 21.4 Å². The van der Waals surface area contributed by atoms with E-state index in [0.717, 1.165) is 21.9 Å². The van der Waals surface area contributed by atoms with Crippen molar-refractivity contribution in [3.8, 4) is 0 Å². The molecule has 0 bridgehead atoms. The molecule has 0 heterocycles. The van der Waals surface area contributed by atoms with Gasteiger partial charge in [-0.3, -0.25) is 14.5 Å². The minimum Gasteiger partial charge on any atom is -0.325 e. The quantitative estimate of drug-likeness (QED) is 0.418. The maximum absolute atomic E-state index is 12.5. The van der Waals surface area contributed by atoms with Gasteiger partial charge in [-0.1, -0.05) is 42.8 Å². The van der Waals surface area contributed by atoms with Crippen molar-refractivity contribution in [2.75, 3.05) is 36.0 Å². The number of benzene rings is 2.